The van der Waals surface area contributed by atoms with Gasteiger partial charge in [-0.25, -0.2) is 0 Å². The van der Waals surface area contributed by atoms with Crippen molar-refractivity contribution in [2.45, 2.75) is 4.37 Å². The molecular formula is C19H18O3SSi. The van der Waals surface area contributed by atoms with Crippen LogP contribution in [-0.2, 0) is 14.5 Å². The number of rotatable bonds is 5. The van der Waals surface area contributed by atoms with Gasteiger partial charge in [0.2, 0.25) is 0 Å². The zero-order valence-corrected chi connectivity index (χ0v) is 16.1. The average Bonchev–Trinajstić information content (AvgIpc) is 2.63. The molecule has 3 nitrogen and oxygen atoms in total. The Labute approximate surface area is 145 Å². The van der Waals surface area contributed by atoms with E-state index in [-0.39, 0.29) is 0 Å². The van der Waals surface area contributed by atoms with Crippen LogP contribution in [0.5, 0.6) is 5.75 Å². The van der Waals surface area contributed by atoms with Gasteiger partial charge in [0.1, 0.15) is 10.1 Å². The summed E-state index contributed by atoms with van der Waals surface area (Å²) in [6.45, 7) is 0. The Kier molecular flexibility index (Phi) is 4.55. The van der Waals surface area contributed by atoms with Crippen molar-refractivity contribution in [3.63, 3.8) is 0 Å². The van der Waals surface area contributed by atoms with Crippen LogP contribution in [0.4, 0.5) is 0 Å². The van der Waals surface area contributed by atoms with Crippen LogP contribution in [0.15, 0.2) is 91.0 Å². The highest BCUT2D eigenvalue weighted by Crippen LogP contribution is 2.36. The molecule has 0 aromatic heterocycles. The van der Waals surface area contributed by atoms with Gasteiger partial charge in [0.05, 0.1) is 0 Å². The van der Waals surface area contributed by atoms with Gasteiger partial charge in [-0.2, -0.15) is 8.42 Å². The fourth-order valence-electron chi connectivity index (χ4n) is 2.65. The molecule has 0 spiro atoms. The topological polar surface area (TPSA) is 43.4 Å². The molecule has 0 aliphatic heterocycles. The van der Waals surface area contributed by atoms with E-state index in [0.717, 1.165) is 11.1 Å². The Morgan fingerprint density at radius 3 is 1.46 bits per heavy atom. The highest BCUT2D eigenvalue weighted by Gasteiger charge is 2.44. The predicted molar refractivity (Wildman–Crippen MR) is 99.6 cm³/mol. The third-order valence-corrected chi connectivity index (χ3v) is 8.64. The summed E-state index contributed by atoms with van der Waals surface area (Å²) >= 11 is 0. The monoisotopic (exact) mass is 354 g/mol. The lowest BCUT2D eigenvalue weighted by Crippen LogP contribution is -2.40. The maximum atomic E-state index is 13.2. The number of benzene rings is 3. The normalized spacial score (nSPS) is 12.0. The van der Waals surface area contributed by atoms with Crippen molar-refractivity contribution >= 4 is 20.4 Å². The largest absolute Gasteiger partial charge is 0.382 e. The second-order valence-electron chi connectivity index (χ2n) is 5.62. The summed E-state index contributed by atoms with van der Waals surface area (Å²) in [6.07, 6.45) is 0. The quantitative estimate of drug-likeness (QED) is 0.523. The molecule has 0 aliphatic carbocycles. The number of hydrogen-bond acceptors (Lipinski definition) is 3. The van der Waals surface area contributed by atoms with Crippen LogP contribution < -0.4 is 4.18 Å². The van der Waals surface area contributed by atoms with Crippen LogP contribution in [0, 0.1) is 0 Å². The van der Waals surface area contributed by atoms with E-state index in [1.54, 1.807) is 24.3 Å². The van der Waals surface area contributed by atoms with E-state index >= 15 is 0 Å². The van der Waals surface area contributed by atoms with E-state index in [1.165, 1.54) is 0 Å². The summed E-state index contributed by atoms with van der Waals surface area (Å²) in [4.78, 5) is 0. The smallest absolute Gasteiger partial charge is 0.319 e. The molecular weight excluding hydrogens is 336 g/mol. The van der Waals surface area contributed by atoms with Gasteiger partial charge >= 0.3 is 10.1 Å². The van der Waals surface area contributed by atoms with Gasteiger partial charge in [-0.3, -0.25) is 0 Å². The molecule has 5 heteroatoms. The fraction of sp³-hybridized carbons (Fsp3) is 0.0526. The molecule has 24 heavy (non-hydrogen) atoms. The van der Waals surface area contributed by atoms with Crippen molar-refractivity contribution in [3.05, 3.63) is 102 Å². The molecule has 3 rings (SSSR count). The van der Waals surface area contributed by atoms with Crippen molar-refractivity contribution in [2.24, 2.45) is 0 Å². The SMILES string of the molecule is O=S(=O)(Oc1ccccc1)C([SiH3])(c1ccccc1)c1ccccc1. The van der Waals surface area contributed by atoms with Gasteiger partial charge in [-0.05, 0) is 23.3 Å². The van der Waals surface area contributed by atoms with E-state index in [2.05, 4.69) is 0 Å². The lowest BCUT2D eigenvalue weighted by Gasteiger charge is -2.30. The first-order valence-corrected chi connectivity index (χ1v) is 10.0. The third kappa shape index (κ3) is 3.00. The number of para-hydroxylation sites is 1. The second kappa shape index (κ2) is 6.63. The lowest BCUT2D eigenvalue weighted by atomic mass is 10.0. The Morgan fingerprint density at radius 1 is 0.667 bits per heavy atom. The Balaban J connectivity index is 2.15. The van der Waals surface area contributed by atoms with Crippen LogP contribution in [0.3, 0.4) is 0 Å². The standard InChI is InChI=1S/C19H18O3SSi/c20-23(21,22-18-14-8-3-9-15-18)19(24,16-10-4-1-5-11-16)17-12-6-2-7-13-17/h1-15H,24H3. The van der Waals surface area contributed by atoms with Gasteiger partial charge in [-0.1, -0.05) is 78.9 Å². The first-order valence-electron chi connectivity index (χ1n) is 7.64. The molecule has 0 N–H and O–H groups in total. The minimum Gasteiger partial charge on any atom is -0.382 e. The molecule has 0 bridgehead atoms. The Hall–Kier alpha value is -2.37. The minimum absolute atomic E-state index is 0.324. The highest BCUT2D eigenvalue weighted by atomic mass is 32.2. The summed E-state index contributed by atoms with van der Waals surface area (Å²) in [5.74, 6) is 0.324. The summed E-state index contributed by atoms with van der Waals surface area (Å²) in [5.41, 5.74) is 1.44. The first kappa shape index (κ1) is 16.5. The van der Waals surface area contributed by atoms with E-state index < -0.39 is 14.5 Å². The van der Waals surface area contributed by atoms with Crippen LogP contribution in [0.2, 0.25) is 0 Å². The van der Waals surface area contributed by atoms with Crippen molar-refractivity contribution < 1.29 is 12.6 Å². The van der Waals surface area contributed by atoms with Crippen LogP contribution in [-0.4, -0.2) is 18.7 Å². The molecule has 0 saturated carbocycles. The highest BCUT2D eigenvalue weighted by molar-refractivity contribution is 7.89. The van der Waals surface area contributed by atoms with Gasteiger partial charge in [0, 0.05) is 10.2 Å². The molecule has 0 radical (unpaired) electrons. The molecule has 122 valence electrons. The van der Waals surface area contributed by atoms with Gasteiger partial charge in [-0.15, -0.1) is 0 Å². The molecule has 0 heterocycles. The molecule has 0 saturated heterocycles. The van der Waals surface area contributed by atoms with E-state index in [9.17, 15) is 8.42 Å². The zero-order chi connectivity index (χ0) is 17.0. The van der Waals surface area contributed by atoms with Crippen LogP contribution in [0.1, 0.15) is 11.1 Å². The van der Waals surface area contributed by atoms with Gasteiger partial charge < -0.3 is 4.18 Å². The third-order valence-electron chi connectivity index (χ3n) is 4.10. The van der Waals surface area contributed by atoms with E-state index in [4.69, 9.17) is 4.18 Å². The average molecular weight is 355 g/mol. The van der Waals surface area contributed by atoms with Crippen molar-refractivity contribution in [1.82, 2.24) is 0 Å². The van der Waals surface area contributed by atoms with Gasteiger partial charge in [0.25, 0.3) is 0 Å². The molecule has 3 aromatic carbocycles. The maximum Gasteiger partial charge on any atom is 0.319 e. The molecule has 3 aromatic rings. The Bertz CT molecular complexity index is 856. The summed E-state index contributed by atoms with van der Waals surface area (Å²) in [7, 11) is -3.57. The zero-order valence-electron chi connectivity index (χ0n) is 13.3. The first-order chi connectivity index (χ1) is 11.5. The van der Waals surface area contributed by atoms with Crippen molar-refractivity contribution in [3.8, 4) is 5.75 Å². The van der Waals surface area contributed by atoms with Crippen LogP contribution >= 0.6 is 0 Å². The summed E-state index contributed by atoms with van der Waals surface area (Å²) in [5, 5.41) is 0. The molecule has 0 atom stereocenters. The molecule has 0 amide bonds. The minimum atomic E-state index is -3.92. The van der Waals surface area contributed by atoms with E-state index in [0.29, 0.717) is 16.0 Å². The summed E-state index contributed by atoms with van der Waals surface area (Å²) < 4.78 is 30.8. The summed E-state index contributed by atoms with van der Waals surface area (Å²) in [6, 6.07) is 27.1. The second-order valence-corrected chi connectivity index (χ2v) is 9.73. The lowest BCUT2D eigenvalue weighted by molar-refractivity contribution is 0.472. The Morgan fingerprint density at radius 2 is 1.04 bits per heavy atom. The molecule has 0 unspecified atom stereocenters. The maximum absolute atomic E-state index is 13.2. The predicted octanol–water partition coefficient (Wildman–Crippen LogP) is 2.66. The van der Waals surface area contributed by atoms with Crippen molar-refractivity contribution in [2.75, 3.05) is 0 Å². The van der Waals surface area contributed by atoms with Crippen LogP contribution in [0.25, 0.3) is 0 Å². The molecule has 0 aliphatic rings. The van der Waals surface area contributed by atoms with E-state index in [1.807, 2.05) is 66.7 Å². The van der Waals surface area contributed by atoms with Crippen molar-refractivity contribution in [1.29, 1.82) is 0 Å². The van der Waals surface area contributed by atoms with Gasteiger partial charge in [0.15, 0.2) is 0 Å². The number of hydrogen-bond donors (Lipinski definition) is 0. The fourth-order valence-corrected chi connectivity index (χ4v) is 4.95. The molecule has 0 fully saturated rings.